The normalized spacial score (nSPS) is 17.0. The quantitative estimate of drug-likeness (QED) is 0.834. The fraction of sp³-hybridized carbons (Fsp3) is 0.556. The Morgan fingerprint density at radius 2 is 2.04 bits per heavy atom. The Kier molecular flexibility index (Phi) is 6.46. The summed E-state index contributed by atoms with van der Waals surface area (Å²) in [6.45, 7) is 5.87. The third-order valence-corrected chi connectivity index (χ3v) is 4.11. The summed E-state index contributed by atoms with van der Waals surface area (Å²) in [5.74, 6) is 0.816. The molecule has 0 bridgehead atoms. The first-order valence-corrected chi connectivity index (χ1v) is 8.60. The third-order valence-electron chi connectivity index (χ3n) is 4.11. The van der Waals surface area contributed by atoms with Crippen molar-refractivity contribution in [2.24, 2.45) is 0 Å². The Labute approximate surface area is 143 Å². The van der Waals surface area contributed by atoms with Gasteiger partial charge in [0.1, 0.15) is 5.75 Å². The van der Waals surface area contributed by atoms with Crippen LogP contribution in [0.1, 0.15) is 33.1 Å². The Hall–Kier alpha value is -2.24. The lowest BCUT2D eigenvalue weighted by Crippen LogP contribution is -2.44. The molecule has 0 saturated carbocycles. The zero-order valence-corrected chi connectivity index (χ0v) is 14.7. The molecule has 1 aromatic rings. The van der Waals surface area contributed by atoms with Crippen molar-refractivity contribution in [2.75, 3.05) is 31.6 Å². The van der Waals surface area contributed by atoms with Gasteiger partial charge in [-0.3, -0.25) is 4.79 Å². The molecule has 1 saturated heterocycles. The molecule has 1 heterocycles. The Morgan fingerprint density at radius 3 is 2.67 bits per heavy atom. The number of carbonyl (C=O) groups is 2. The Balaban J connectivity index is 1.91. The molecule has 132 valence electrons. The van der Waals surface area contributed by atoms with Crippen molar-refractivity contribution in [3.63, 3.8) is 0 Å². The minimum Gasteiger partial charge on any atom is -0.494 e. The summed E-state index contributed by atoms with van der Waals surface area (Å²) < 4.78 is 5.42. The van der Waals surface area contributed by atoms with E-state index < -0.39 is 0 Å². The Morgan fingerprint density at radius 1 is 1.33 bits per heavy atom. The predicted molar refractivity (Wildman–Crippen MR) is 94.4 cm³/mol. The van der Waals surface area contributed by atoms with Crippen LogP contribution < -0.4 is 15.0 Å². The number of nitrogens with zero attached hydrogens (tertiary/aromatic N) is 2. The highest BCUT2D eigenvalue weighted by atomic mass is 16.5. The maximum Gasteiger partial charge on any atom is 0.317 e. The SMILES string of the molecule is CCCCN(C)C(=O)NC1CC(=O)N(c2ccc(OCC)cc2)C1. The summed E-state index contributed by atoms with van der Waals surface area (Å²) in [6.07, 6.45) is 2.36. The topological polar surface area (TPSA) is 61.9 Å². The van der Waals surface area contributed by atoms with Gasteiger partial charge in [-0.2, -0.15) is 0 Å². The van der Waals surface area contributed by atoms with Crippen LogP contribution in [-0.4, -0.2) is 49.6 Å². The van der Waals surface area contributed by atoms with E-state index in [-0.39, 0.29) is 18.0 Å². The molecule has 2 rings (SSSR count). The highest BCUT2D eigenvalue weighted by Crippen LogP contribution is 2.24. The minimum atomic E-state index is -0.152. The summed E-state index contributed by atoms with van der Waals surface area (Å²) in [4.78, 5) is 27.8. The second-order valence-electron chi connectivity index (χ2n) is 6.06. The third kappa shape index (κ3) is 4.63. The average Bonchev–Trinajstić information content (AvgIpc) is 2.94. The molecule has 1 unspecified atom stereocenters. The molecule has 0 spiro atoms. The molecule has 6 heteroatoms. The number of urea groups is 1. The van der Waals surface area contributed by atoms with E-state index in [1.165, 1.54) is 0 Å². The van der Waals surface area contributed by atoms with E-state index in [9.17, 15) is 9.59 Å². The van der Waals surface area contributed by atoms with E-state index in [1.54, 1.807) is 16.8 Å². The molecule has 0 aliphatic carbocycles. The standard InChI is InChI=1S/C18H27N3O3/c1-4-6-11-20(3)18(23)19-14-12-17(22)21(13-14)15-7-9-16(10-8-15)24-5-2/h7-10,14H,4-6,11-13H2,1-3H3,(H,19,23). The zero-order chi connectivity index (χ0) is 17.5. The first-order valence-electron chi connectivity index (χ1n) is 8.60. The monoisotopic (exact) mass is 333 g/mol. The summed E-state index contributed by atoms with van der Waals surface area (Å²) in [5, 5.41) is 2.95. The van der Waals surface area contributed by atoms with Crippen LogP contribution in [0.2, 0.25) is 0 Å². The van der Waals surface area contributed by atoms with Gasteiger partial charge in [0, 0.05) is 32.2 Å². The molecule has 1 aliphatic rings. The van der Waals surface area contributed by atoms with Crippen molar-refractivity contribution in [3.05, 3.63) is 24.3 Å². The van der Waals surface area contributed by atoms with E-state index in [2.05, 4.69) is 12.2 Å². The van der Waals surface area contributed by atoms with E-state index in [1.807, 2.05) is 31.2 Å². The van der Waals surface area contributed by atoms with Gasteiger partial charge in [-0.25, -0.2) is 4.79 Å². The van der Waals surface area contributed by atoms with E-state index >= 15 is 0 Å². The summed E-state index contributed by atoms with van der Waals surface area (Å²) >= 11 is 0. The lowest BCUT2D eigenvalue weighted by atomic mass is 10.2. The predicted octanol–water partition coefficient (Wildman–Crippen LogP) is 2.63. The van der Waals surface area contributed by atoms with Crippen LogP contribution in [0.25, 0.3) is 0 Å². The van der Waals surface area contributed by atoms with Crippen molar-refractivity contribution in [1.29, 1.82) is 0 Å². The Bertz CT molecular complexity index is 559. The molecule has 24 heavy (non-hydrogen) atoms. The molecular formula is C18H27N3O3. The first-order chi connectivity index (χ1) is 11.5. The zero-order valence-electron chi connectivity index (χ0n) is 14.7. The van der Waals surface area contributed by atoms with Crippen LogP contribution in [0.4, 0.5) is 10.5 Å². The van der Waals surface area contributed by atoms with Gasteiger partial charge in [0.05, 0.1) is 12.6 Å². The van der Waals surface area contributed by atoms with Crippen LogP contribution in [0.15, 0.2) is 24.3 Å². The van der Waals surface area contributed by atoms with Crippen molar-refractivity contribution < 1.29 is 14.3 Å². The van der Waals surface area contributed by atoms with Crippen LogP contribution in [0.3, 0.4) is 0 Å². The van der Waals surface area contributed by atoms with Crippen LogP contribution in [0, 0.1) is 0 Å². The minimum absolute atomic E-state index is 0.0284. The number of rotatable bonds is 7. The van der Waals surface area contributed by atoms with Gasteiger partial charge >= 0.3 is 6.03 Å². The van der Waals surface area contributed by atoms with Crippen molar-refractivity contribution in [2.45, 2.75) is 39.2 Å². The number of hydrogen-bond acceptors (Lipinski definition) is 3. The summed E-state index contributed by atoms with van der Waals surface area (Å²) in [6, 6.07) is 7.20. The molecule has 0 aromatic heterocycles. The van der Waals surface area contributed by atoms with Gasteiger partial charge < -0.3 is 19.9 Å². The number of carbonyl (C=O) groups excluding carboxylic acids is 2. The van der Waals surface area contributed by atoms with Crippen molar-refractivity contribution >= 4 is 17.6 Å². The molecule has 0 radical (unpaired) electrons. The van der Waals surface area contributed by atoms with Gasteiger partial charge in [-0.1, -0.05) is 13.3 Å². The lowest BCUT2D eigenvalue weighted by molar-refractivity contribution is -0.117. The number of ether oxygens (including phenoxy) is 1. The molecule has 1 aliphatic heterocycles. The van der Waals surface area contributed by atoms with E-state index in [0.717, 1.165) is 30.8 Å². The smallest absolute Gasteiger partial charge is 0.317 e. The van der Waals surface area contributed by atoms with Gasteiger partial charge in [-0.05, 0) is 37.6 Å². The van der Waals surface area contributed by atoms with E-state index in [4.69, 9.17) is 4.74 Å². The maximum atomic E-state index is 12.2. The highest BCUT2D eigenvalue weighted by molar-refractivity contribution is 5.96. The second kappa shape index (κ2) is 8.57. The number of hydrogen-bond donors (Lipinski definition) is 1. The largest absolute Gasteiger partial charge is 0.494 e. The number of anilines is 1. The molecule has 1 fully saturated rings. The molecule has 6 nitrogen and oxygen atoms in total. The number of nitrogens with one attached hydrogen (secondary N) is 1. The highest BCUT2D eigenvalue weighted by Gasteiger charge is 2.32. The van der Waals surface area contributed by atoms with Crippen molar-refractivity contribution in [1.82, 2.24) is 10.2 Å². The van der Waals surface area contributed by atoms with Gasteiger partial charge in [0.25, 0.3) is 0 Å². The van der Waals surface area contributed by atoms with Crippen LogP contribution in [0.5, 0.6) is 5.75 Å². The molecular weight excluding hydrogens is 306 g/mol. The van der Waals surface area contributed by atoms with E-state index in [0.29, 0.717) is 19.6 Å². The number of benzene rings is 1. The lowest BCUT2D eigenvalue weighted by Gasteiger charge is -2.21. The molecule has 1 atom stereocenters. The maximum absolute atomic E-state index is 12.2. The van der Waals surface area contributed by atoms with Gasteiger partial charge in [0.2, 0.25) is 5.91 Å². The van der Waals surface area contributed by atoms with Crippen LogP contribution >= 0.6 is 0 Å². The summed E-state index contributed by atoms with van der Waals surface area (Å²) in [7, 11) is 1.78. The average molecular weight is 333 g/mol. The number of unbranched alkanes of at least 4 members (excludes halogenated alkanes) is 1. The van der Waals surface area contributed by atoms with Gasteiger partial charge in [0.15, 0.2) is 0 Å². The molecule has 1 N–H and O–H groups in total. The first kappa shape index (κ1) is 18.1. The van der Waals surface area contributed by atoms with Crippen LogP contribution in [-0.2, 0) is 4.79 Å². The van der Waals surface area contributed by atoms with Gasteiger partial charge in [-0.15, -0.1) is 0 Å². The fourth-order valence-corrected chi connectivity index (χ4v) is 2.72. The van der Waals surface area contributed by atoms with Crippen molar-refractivity contribution in [3.8, 4) is 5.75 Å². The fourth-order valence-electron chi connectivity index (χ4n) is 2.72. The molecule has 3 amide bonds. The summed E-state index contributed by atoms with van der Waals surface area (Å²) in [5.41, 5.74) is 0.833. The second-order valence-corrected chi connectivity index (χ2v) is 6.06. The molecule has 1 aromatic carbocycles. The number of amides is 3.